The summed E-state index contributed by atoms with van der Waals surface area (Å²) in [6.07, 6.45) is 10.8. The van der Waals surface area contributed by atoms with Crippen LogP contribution in [-0.2, 0) is 4.79 Å². The van der Waals surface area contributed by atoms with Crippen molar-refractivity contribution in [2.45, 2.75) is 70.4 Å². The van der Waals surface area contributed by atoms with Crippen molar-refractivity contribution in [3.05, 3.63) is 0 Å². The van der Waals surface area contributed by atoms with Crippen LogP contribution in [0.3, 0.4) is 0 Å². The number of halogens is 1. The van der Waals surface area contributed by atoms with Crippen molar-refractivity contribution in [2.24, 2.45) is 16.8 Å². The summed E-state index contributed by atoms with van der Waals surface area (Å²) in [5.41, 5.74) is 0. The molecule has 2 saturated carbocycles. The maximum absolute atomic E-state index is 12.7. The molecular formula is C22H40IN5O. The monoisotopic (exact) mass is 517 g/mol. The lowest BCUT2D eigenvalue weighted by molar-refractivity contribution is -0.135. The lowest BCUT2D eigenvalue weighted by Gasteiger charge is -2.39. The van der Waals surface area contributed by atoms with E-state index in [0.29, 0.717) is 11.9 Å². The van der Waals surface area contributed by atoms with Crippen LogP contribution in [0.15, 0.2) is 4.99 Å². The first kappa shape index (κ1) is 23.1. The predicted molar refractivity (Wildman–Crippen MR) is 129 cm³/mol. The minimum atomic E-state index is 0. The average molecular weight is 518 g/mol. The lowest BCUT2D eigenvalue weighted by atomic mass is 9.85. The molecule has 0 spiro atoms. The molecule has 2 saturated heterocycles. The molecule has 6 nitrogen and oxygen atoms in total. The molecule has 0 aromatic carbocycles. The van der Waals surface area contributed by atoms with E-state index in [1.165, 1.54) is 38.5 Å². The summed E-state index contributed by atoms with van der Waals surface area (Å²) >= 11 is 0. The second kappa shape index (κ2) is 10.6. The van der Waals surface area contributed by atoms with Gasteiger partial charge in [-0.3, -0.25) is 14.7 Å². The Morgan fingerprint density at radius 2 is 1.59 bits per heavy atom. The van der Waals surface area contributed by atoms with Crippen molar-refractivity contribution in [3.63, 3.8) is 0 Å². The number of amides is 1. The van der Waals surface area contributed by atoms with Crippen molar-refractivity contribution >= 4 is 35.8 Å². The Balaban J connectivity index is 0.00000240. The predicted octanol–water partition coefficient (Wildman–Crippen LogP) is 2.78. The number of hydrogen-bond acceptors (Lipinski definition) is 3. The number of nitrogens with one attached hydrogen (secondary N) is 1. The van der Waals surface area contributed by atoms with E-state index in [4.69, 9.17) is 0 Å². The molecule has 2 heterocycles. The van der Waals surface area contributed by atoms with Crippen LogP contribution in [0.4, 0.5) is 0 Å². The fourth-order valence-corrected chi connectivity index (χ4v) is 5.61. The Bertz CT molecular complexity index is 566. The van der Waals surface area contributed by atoms with Gasteiger partial charge in [0.25, 0.3) is 0 Å². The average Bonchev–Trinajstić information content (AvgIpc) is 3.30. The molecule has 3 unspecified atom stereocenters. The van der Waals surface area contributed by atoms with Crippen LogP contribution in [-0.4, -0.2) is 85.0 Å². The van der Waals surface area contributed by atoms with Gasteiger partial charge in [-0.05, 0) is 38.0 Å². The number of rotatable bonds is 4. The molecule has 3 atom stereocenters. The minimum absolute atomic E-state index is 0. The van der Waals surface area contributed by atoms with Crippen molar-refractivity contribution < 1.29 is 4.79 Å². The molecule has 2 aliphatic carbocycles. The Kier molecular flexibility index (Phi) is 8.48. The quantitative estimate of drug-likeness (QED) is 0.354. The smallest absolute Gasteiger partial charge is 0.239 e. The molecule has 4 fully saturated rings. The third kappa shape index (κ3) is 5.57. The summed E-state index contributed by atoms with van der Waals surface area (Å²) in [6.45, 7) is 7.78. The first-order valence-electron chi connectivity index (χ1n) is 11.7. The Morgan fingerprint density at radius 3 is 2.21 bits per heavy atom. The van der Waals surface area contributed by atoms with Crippen LogP contribution >= 0.6 is 24.0 Å². The number of guanidine groups is 1. The zero-order valence-corrected chi connectivity index (χ0v) is 20.6. The highest BCUT2D eigenvalue weighted by Crippen LogP contribution is 2.44. The number of carbonyl (C=O) groups is 1. The van der Waals surface area contributed by atoms with Gasteiger partial charge in [-0.2, -0.15) is 0 Å². The highest BCUT2D eigenvalue weighted by molar-refractivity contribution is 14.0. The van der Waals surface area contributed by atoms with Crippen LogP contribution < -0.4 is 5.32 Å². The molecule has 0 bridgehead atoms. The van der Waals surface area contributed by atoms with Crippen LogP contribution in [0, 0.1) is 11.8 Å². The summed E-state index contributed by atoms with van der Waals surface area (Å²) < 4.78 is 0. The second-order valence-electron chi connectivity index (χ2n) is 9.33. The largest absolute Gasteiger partial charge is 0.353 e. The van der Waals surface area contributed by atoms with Crippen LogP contribution in [0.25, 0.3) is 0 Å². The molecule has 0 aromatic rings. The van der Waals surface area contributed by atoms with Gasteiger partial charge in [-0.25, -0.2) is 0 Å². The summed E-state index contributed by atoms with van der Waals surface area (Å²) in [5, 5.41) is 3.75. The number of likely N-dealkylation sites (tertiary alicyclic amines) is 1. The number of piperazine rings is 1. The van der Waals surface area contributed by atoms with Crippen LogP contribution in [0.2, 0.25) is 0 Å². The molecule has 4 aliphatic rings. The van der Waals surface area contributed by atoms with E-state index in [1.54, 1.807) is 0 Å². The van der Waals surface area contributed by atoms with Crippen molar-refractivity contribution in [1.29, 1.82) is 0 Å². The minimum Gasteiger partial charge on any atom is -0.353 e. The number of carbonyl (C=O) groups excluding carboxylic acids is 1. The van der Waals surface area contributed by atoms with Crippen molar-refractivity contribution in [1.82, 2.24) is 20.0 Å². The molecule has 0 aromatic heterocycles. The lowest BCUT2D eigenvalue weighted by Crippen LogP contribution is -2.57. The van der Waals surface area contributed by atoms with E-state index in [0.717, 1.165) is 69.9 Å². The standard InChI is InChI=1S/C22H39N5O.HI/c1-17(21(28)26-10-6-7-11-26)25-12-14-27(15-13-25)22(23-2)24-20-16-19(20)18-8-4-3-5-9-18;/h17-20H,3-16H2,1-2H3,(H,23,24);1H. The highest BCUT2D eigenvalue weighted by Gasteiger charge is 2.44. The first-order chi connectivity index (χ1) is 13.7. The molecule has 0 radical (unpaired) electrons. The summed E-state index contributed by atoms with van der Waals surface area (Å²) in [6, 6.07) is 0.643. The topological polar surface area (TPSA) is 51.2 Å². The van der Waals surface area contributed by atoms with E-state index in [9.17, 15) is 4.79 Å². The third-order valence-electron chi connectivity index (χ3n) is 7.56. The molecule has 29 heavy (non-hydrogen) atoms. The maximum atomic E-state index is 12.7. The maximum Gasteiger partial charge on any atom is 0.239 e. The van der Waals surface area contributed by atoms with Gasteiger partial charge < -0.3 is 15.1 Å². The van der Waals surface area contributed by atoms with Gasteiger partial charge in [0.05, 0.1) is 6.04 Å². The molecule has 7 heteroatoms. The van der Waals surface area contributed by atoms with E-state index in [-0.39, 0.29) is 30.0 Å². The number of aliphatic imine (C=N–C) groups is 1. The van der Waals surface area contributed by atoms with Gasteiger partial charge in [0.15, 0.2) is 5.96 Å². The zero-order chi connectivity index (χ0) is 19.5. The van der Waals surface area contributed by atoms with E-state index in [2.05, 4.69) is 31.9 Å². The summed E-state index contributed by atoms with van der Waals surface area (Å²) in [4.78, 5) is 24.1. The Labute approximate surface area is 193 Å². The SMILES string of the molecule is CN=C(NC1CC1C1CCCCC1)N1CCN(C(C)C(=O)N2CCCC2)CC1.I. The molecule has 1 amide bonds. The Morgan fingerprint density at radius 1 is 0.931 bits per heavy atom. The third-order valence-corrected chi connectivity index (χ3v) is 7.56. The molecular weight excluding hydrogens is 477 g/mol. The fourth-order valence-electron chi connectivity index (χ4n) is 5.61. The van der Waals surface area contributed by atoms with Crippen LogP contribution in [0.1, 0.15) is 58.3 Å². The van der Waals surface area contributed by atoms with Gasteiger partial charge in [-0.1, -0.05) is 32.1 Å². The van der Waals surface area contributed by atoms with Gasteiger partial charge in [0.1, 0.15) is 0 Å². The zero-order valence-electron chi connectivity index (χ0n) is 18.3. The second-order valence-corrected chi connectivity index (χ2v) is 9.33. The normalized spacial score (nSPS) is 30.1. The van der Waals surface area contributed by atoms with Crippen LogP contribution in [0.5, 0.6) is 0 Å². The van der Waals surface area contributed by atoms with E-state index >= 15 is 0 Å². The molecule has 166 valence electrons. The van der Waals surface area contributed by atoms with Crippen molar-refractivity contribution in [3.8, 4) is 0 Å². The van der Waals surface area contributed by atoms with Gasteiger partial charge in [0.2, 0.25) is 5.91 Å². The molecule has 4 rings (SSSR count). The summed E-state index contributed by atoms with van der Waals surface area (Å²) in [5.74, 6) is 3.21. The van der Waals surface area contributed by atoms with E-state index < -0.39 is 0 Å². The fraction of sp³-hybridized carbons (Fsp3) is 0.909. The van der Waals surface area contributed by atoms with E-state index in [1.807, 2.05) is 7.05 Å². The number of hydrogen-bond donors (Lipinski definition) is 1. The van der Waals surface area contributed by atoms with Gasteiger partial charge >= 0.3 is 0 Å². The first-order valence-corrected chi connectivity index (χ1v) is 11.7. The molecule has 2 aliphatic heterocycles. The summed E-state index contributed by atoms with van der Waals surface area (Å²) in [7, 11) is 1.91. The molecule has 1 N–H and O–H groups in total. The highest BCUT2D eigenvalue weighted by atomic mass is 127. The van der Waals surface area contributed by atoms with Gasteiger partial charge in [-0.15, -0.1) is 24.0 Å². The number of nitrogens with zero attached hydrogens (tertiary/aromatic N) is 4. The Hall–Kier alpha value is -0.570. The van der Waals surface area contributed by atoms with Crippen molar-refractivity contribution in [2.75, 3.05) is 46.3 Å². The van der Waals surface area contributed by atoms with Gasteiger partial charge in [0, 0.05) is 52.4 Å².